The number of benzene rings is 1. The Morgan fingerprint density at radius 1 is 1.19 bits per heavy atom. The molecule has 1 aliphatic carbocycles. The lowest BCUT2D eigenvalue weighted by atomic mass is 9.95. The fourth-order valence-corrected chi connectivity index (χ4v) is 4.26. The van der Waals surface area contributed by atoms with E-state index in [1.807, 2.05) is 23.1 Å². The third-order valence-corrected chi connectivity index (χ3v) is 6.05. The largest absolute Gasteiger partial charge is 0.343 e. The Bertz CT molecular complexity index is 759. The predicted molar refractivity (Wildman–Crippen MR) is 102 cm³/mol. The second-order valence-corrected chi connectivity index (χ2v) is 7.96. The van der Waals surface area contributed by atoms with Crippen LogP contribution in [-0.4, -0.2) is 34.0 Å². The number of piperidine rings is 1. The van der Waals surface area contributed by atoms with Crippen molar-refractivity contribution in [2.24, 2.45) is 5.73 Å². The van der Waals surface area contributed by atoms with E-state index in [-0.39, 0.29) is 11.8 Å². The van der Waals surface area contributed by atoms with Gasteiger partial charge in [0.2, 0.25) is 11.8 Å². The first-order chi connectivity index (χ1) is 13.1. The number of likely N-dealkylation sites (tertiary alicyclic amines) is 1. The number of amides is 1. The highest BCUT2D eigenvalue weighted by atomic mass is 16.5. The zero-order valence-electron chi connectivity index (χ0n) is 15.8. The molecular weight excluding hydrogens is 340 g/mol. The highest BCUT2D eigenvalue weighted by Gasteiger charge is 2.37. The van der Waals surface area contributed by atoms with Crippen molar-refractivity contribution in [3.05, 3.63) is 47.6 Å². The average molecular weight is 368 g/mol. The molecule has 0 spiro atoms. The molecule has 144 valence electrons. The molecule has 1 saturated heterocycles. The number of nitrogens with two attached hydrogens (primary N) is 1. The highest BCUT2D eigenvalue weighted by Crippen LogP contribution is 2.36. The second kappa shape index (κ2) is 7.80. The monoisotopic (exact) mass is 368 g/mol. The zero-order valence-corrected chi connectivity index (χ0v) is 15.8. The van der Waals surface area contributed by atoms with Crippen LogP contribution in [0, 0.1) is 0 Å². The summed E-state index contributed by atoms with van der Waals surface area (Å²) in [6.45, 7) is 1.51. The van der Waals surface area contributed by atoms with Gasteiger partial charge in [0.25, 0.3) is 0 Å². The van der Waals surface area contributed by atoms with E-state index in [9.17, 15) is 4.79 Å². The van der Waals surface area contributed by atoms with E-state index in [0.717, 1.165) is 58.0 Å². The summed E-state index contributed by atoms with van der Waals surface area (Å²) in [5.74, 6) is 1.82. The van der Waals surface area contributed by atoms with Crippen molar-refractivity contribution in [1.82, 2.24) is 15.0 Å². The lowest BCUT2D eigenvalue weighted by Crippen LogP contribution is -2.38. The quantitative estimate of drug-likeness (QED) is 0.876. The summed E-state index contributed by atoms with van der Waals surface area (Å²) in [4.78, 5) is 19.1. The lowest BCUT2D eigenvalue weighted by Gasteiger charge is -2.30. The van der Waals surface area contributed by atoms with Crippen molar-refractivity contribution in [2.75, 3.05) is 13.1 Å². The summed E-state index contributed by atoms with van der Waals surface area (Å²) in [6, 6.07) is 10.2. The van der Waals surface area contributed by atoms with Gasteiger partial charge in [0.15, 0.2) is 5.82 Å². The molecule has 0 unspecified atom stereocenters. The minimum atomic E-state index is -0.407. The molecule has 1 aromatic heterocycles. The van der Waals surface area contributed by atoms with Crippen molar-refractivity contribution in [1.29, 1.82) is 0 Å². The molecule has 2 aromatic rings. The van der Waals surface area contributed by atoms with Crippen molar-refractivity contribution in [2.45, 2.75) is 62.8 Å². The average Bonchev–Trinajstić information content (AvgIpc) is 3.37. The second-order valence-electron chi connectivity index (χ2n) is 7.96. The number of hydrogen-bond acceptors (Lipinski definition) is 5. The number of carbonyl (C=O) groups excluding carboxylic acids is 1. The molecule has 4 rings (SSSR count). The third kappa shape index (κ3) is 4.05. The van der Waals surface area contributed by atoms with Gasteiger partial charge in [-0.2, -0.15) is 4.98 Å². The maximum atomic E-state index is 12.5. The first-order valence-electron chi connectivity index (χ1n) is 10.1. The Hall–Kier alpha value is -2.21. The Morgan fingerprint density at radius 2 is 1.89 bits per heavy atom. The van der Waals surface area contributed by atoms with Gasteiger partial charge in [0.1, 0.15) is 0 Å². The maximum Gasteiger partial charge on any atom is 0.229 e. The van der Waals surface area contributed by atoms with Crippen LogP contribution in [-0.2, 0) is 16.8 Å². The van der Waals surface area contributed by atoms with Gasteiger partial charge in [-0.25, -0.2) is 0 Å². The van der Waals surface area contributed by atoms with Crippen LogP contribution in [0.2, 0.25) is 0 Å². The molecule has 27 heavy (non-hydrogen) atoms. The van der Waals surface area contributed by atoms with E-state index in [2.05, 4.69) is 22.3 Å². The summed E-state index contributed by atoms with van der Waals surface area (Å²) in [5, 5.41) is 4.17. The van der Waals surface area contributed by atoms with Crippen LogP contribution in [0.4, 0.5) is 0 Å². The summed E-state index contributed by atoms with van der Waals surface area (Å²) in [6.07, 6.45) is 7.22. The standard InChI is InChI=1S/C21H28N4O2/c22-21(12-4-5-13-21)20-23-19(27-24-20)17-10-14-25(15-11-17)18(26)9-8-16-6-2-1-3-7-16/h1-3,6-7,17H,4-5,8-15,22H2. The topological polar surface area (TPSA) is 85.2 Å². The van der Waals surface area contributed by atoms with E-state index in [4.69, 9.17) is 10.3 Å². The Morgan fingerprint density at radius 3 is 2.59 bits per heavy atom. The van der Waals surface area contributed by atoms with Crippen LogP contribution in [0.1, 0.15) is 68.1 Å². The maximum absolute atomic E-state index is 12.5. The molecule has 0 radical (unpaired) electrons. The van der Waals surface area contributed by atoms with E-state index >= 15 is 0 Å². The number of nitrogens with zero attached hydrogens (tertiary/aromatic N) is 3. The van der Waals surface area contributed by atoms with Gasteiger partial charge in [-0.15, -0.1) is 0 Å². The van der Waals surface area contributed by atoms with Crippen LogP contribution >= 0.6 is 0 Å². The van der Waals surface area contributed by atoms with Gasteiger partial charge in [-0.3, -0.25) is 4.79 Å². The van der Waals surface area contributed by atoms with E-state index < -0.39 is 5.54 Å². The number of hydrogen-bond donors (Lipinski definition) is 1. The van der Waals surface area contributed by atoms with Crippen molar-refractivity contribution < 1.29 is 9.32 Å². The molecule has 1 aliphatic heterocycles. The van der Waals surface area contributed by atoms with E-state index in [1.54, 1.807) is 0 Å². The number of aryl methyl sites for hydroxylation is 1. The molecule has 2 aliphatic rings. The number of rotatable bonds is 5. The molecule has 1 aromatic carbocycles. The molecule has 0 atom stereocenters. The van der Waals surface area contributed by atoms with Gasteiger partial charge in [0, 0.05) is 25.4 Å². The first-order valence-corrected chi connectivity index (χ1v) is 10.1. The van der Waals surface area contributed by atoms with Gasteiger partial charge in [-0.1, -0.05) is 48.3 Å². The Kier molecular flexibility index (Phi) is 5.25. The Labute approximate surface area is 160 Å². The summed E-state index contributed by atoms with van der Waals surface area (Å²) in [5.41, 5.74) is 7.23. The zero-order chi connectivity index (χ0) is 18.7. The summed E-state index contributed by atoms with van der Waals surface area (Å²) in [7, 11) is 0. The van der Waals surface area contributed by atoms with Crippen LogP contribution in [0.25, 0.3) is 0 Å². The van der Waals surface area contributed by atoms with Crippen molar-refractivity contribution in [3.8, 4) is 0 Å². The third-order valence-electron chi connectivity index (χ3n) is 6.05. The summed E-state index contributed by atoms with van der Waals surface area (Å²) >= 11 is 0. The Balaban J connectivity index is 1.29. The normalized spacial score (nSPS) is 20.1. The van der Waals surface area contributed by atoms with E-state index in [0.29, 0.717) is 18.1 Å². The smallest absolute Gasteiger partial charge is 0.229 e. The first kappa shape index (κ1) is 18.2. The number of aromatic nitrogens is 2. The molecule has 2 N–H and O–H groups in total. The van der Waals surface area contributed by atoms with E-state index in [1.165, 1.54) is 5.56 Å². The van der Waals surface area contributed by atoms with Gasteiger partial charge in [0.05, 0.1) is 5.54 Å². The summed E-state index contributed by atoms with van der Waals surface area (Å²) < 4.78 is 5.54. The molecule has 2 heterocycles. The molecular formula is C21H28N4O2. The SMILES string of the molecule is NC1(c2noc(C3CCN(C(=O)CCc4ccccc4)CC3)n2)CCCC1. The van der Waals surface area contributed by atoms with Crippen LogP contribution in [0.5, 0.6) is 0 Å². The van der Waals surface area contributed by atoms with Crippen LogP contribution in [0.15, 0.2) is 34.9 Å². The lowest BCUT2D eigenvalue weighted by molar-refractivity contribution is -0.132. The molecule has 0 bridgehead atoms. The number of carbonyl (C=O) groups is 1. The van der Waals surface area contributed by atoms with Gasteiger partial charge in [-0.05, 0) is 37.7 Å². The molecule has 1 amide bonds. The van der Waals surface area contributed by atoms with Crippen LogP contribution in [0.3, 0.4) is 0 Å². The fourth-order valence-electron chi connectivity index (χ4n) is 4.26. The molecule has 6 heteroatoms. The molecule has 6 nitrogen and oxygen atoms in total. The van der Waals surface area contributed by atoms with Crippen molar-refractivity contribution >= 4 is 5.91 Å². The minimum Gasteiger partial charge on any atom is -0.343 e. The molecule has 2 fully saturated rings. The van der Waals surface area contributed by atoms with Gasteiger partial charge < -0.3 is 15.2 Å². The predicted octanol–water partition coefficient (Wildman–Crippen LogP) is 3.14. The van der Waals surface area contributed by atoms with Crippen molar-refractivity contribution in [3.63, 3.8) is 0 Å². The molecule has 1 saturated carbocycles. The van der Waals surface area contributed by atoms with Crippen LogP contribution < -0.4 is 5.73 Å². The van der Waals surface area contributed by atoms with Gasteiger partial charge >= 0.3 is 0 Å². The minimum absolute atomic E-state index is 0.231. The fraction of sp³-hybridized carbons (Fsp3) is 0.571. The highest BCUT2D eigenvalue weighted by molar-refractivity contribution is 5.76.